The summed E-state index contributed by atoms with van der Waals surface area (Å²) in [6.07, 6.45) is 5.10. The van der Waals surface area contributed by atoms with Gasteiger partial charge in [0.05, 0.1) is 6.10 Å². The van der Waals surface area contributed by atoms with E-state index in [0.717, 1.165) is 35.7 Å². The molecule has 27 heavy (non-hydrogen) atoms. The molecule has 1 amide bonds. The number of ether oxygens (including phenoxy) is 2. The van der Waals surface area contributed by atoms with Gasteiger partial charge < -0.3 is 24.0 Å². The van der Waals surface area contributed by atoms with Crippen molar-refractivity contribution in [3.63, 3.8) is 0 Å². The van der Waals surface area contributed by atoms with Crippen LogP contribution in [0.25, 0.3) is 0 Å². The van der Waals surface area contributed by atoms with E-state index >= 15 is 0 Å². The van der Waals surface area contributed by atoms with Crippen molar-refractivity contribution < 1.29 is 19.4 Å². The van der Waals surface area contributed by atoms with Crippen LogP contribution in [0.5, 0.6) is 11.5 Å². The zero-order valence-corrected chi connectivity index (χ0v) is 15.5. The number of aromatic nitrogens is 2. The van der Waals surface area contributed by atoms with Gasteiger partial charge in [-0.05, 0) is 24.1 Å². The molecule has 0 aliphatic carbocycles. The molecule has 2 aliphatic rings. The number of hydrogen-bond donors (Lipinski definition) is 1. The van der Waals surface area contributed by atoms with Gasteiger partial charge in [0.1, 0.15) is 5.82 Å². The largest absolute Gasteiger partial charge is 0.454 e. The Morgan fingerprint density at radius 3 is 3.00 bits per heavy atom. The van der Waals surface area contributed by atoms with Gasteiger partial charge in [-0.3, -0.25) is 4.79 Å². The Morgan fingerprint density at radius 2 is 2.19 bits per heavy atom. The minimum absolute atomic E-state index is 0.00360. The van der Waals surface area contributed by atoms with Crippen LogP contribution in [-0.4, -0.2) is 51.5 Å². The van der Waals surface area contributed by atoms with E-state index in [-0.39, 0.29) is 18.6 Å². The molecule has 0 bridgehead atoms. The molecule has 1 aromatic heterocycles. The Balaban J connectivity index is 1.34. The number of aryl methyl sites for hydroxylation is 2. The number of piperidine rings is 1. The number of likely N-dealkylation sites (tertiary alicyclic amines) is 1. The summed E-state index contributed by atoms with van der Waals surface area (Å²) in [6, 6.07) is 5.81. The van der Waals surface area contributed by atoms with Gasteiger partial charge in [0, 0.05) is 50.8 Å². The molecule has 3 heterocycles. The molecule has 0 saturated carbocycles. The fraction of sp³-hybridized carbons (Fsp3) is 0.500. The van der Waals surface area contributed by atoms with Crippen molar-refractivity contribution in [1.82, 2.24) is 14.5 Å². The van der Waals surface area contributed by atoms with E-state index in [1.807, 2.05) is 29.0 Å². The molecular formula is C20H25N3O4. The highest BCUT2D eigenvalue weighted by Gasteiger charge is 2.32. The van der Waals surface area contributed by atoms with Crippen LogP contribution >= 0.6 is 0 Å². The predicted octanol–water partition coefficient (Wildman–Crippen LogP) is 1.94. The predicted molar refractivity (Wildman–Crippen MR) is 98.7 cm³/mol. The normalized spacial score (nSPS) is 21.5. The number of amides is 1. The number of aliphatic hydroxyl groups is 1. The summed E-state index contributed by atoms with van der Waals surface area (Å²) in [6.45, 7) is 3.94. The fourth-order valence-corrected chi connectivity index (χ4v) is 3.92. The van der Waals surface area contributed by atoms with Gasteiger partial charge in [-0.2, -0.15) is 0 Å². The number of β-amino-alcohol motifs (C(OH)–C–C–N with tert-alkyl or cyclic N) is 1. The van der Waals surface area contributed by atoms with Crippen molar-refractivity contribution in [3.05, 3.63) is 42.0 Å². The highest BCUT2D eigenvalue weighted by molar-refractivity contribution is 5.76. The van der Waals surface area contributed by atoms with Crippen LogP contribution in [0.3, 0.4) is 0 Å². The maximum atomic E-state index is 12.6. The maximum absolute atomic E-state index is 12.6. The minimum atomic E-state index is -0.581. The molecule has 144 valence electrons. The quantitative estimate of drug-likeness (QED) is 0.869. The van der Waals surface area contributed by atoms with Gasteiger partial charge in [-0.25, -0.2) is 4.98 Å². The third-order valence-electron chi connectivity index (χ3n) is 5.44. The minimum Gasteiger partial charge on any atom is -0.454 e. The number of carbonyl (C=O) groups is 1. The van der Waals surface area contributed by atoms with Gasteiger partial charge in [-0.15, -0.1) is 0 Å². The zero-order valence-electron chi connectivity index (χ0n) is 15.5. The van der Waals surface area contributed by atoms with Crippen LogP contribution in [-0.2, 0) is 17.8 Å². The van der Waals surface area contributed by atoms with E-state index in [0.29, 0.717) is 26.1 Å². The topological polar surface area (TPSA) is 76.8 Å². The van der Waals surface area contributed by atoms with Crippen LogP contribution in [0, 0.1) is 0 Å². The molecule has 7 nitrogen and oxygen atoms in total. The second-order valence-electron chi connectivity index (χ2n) is 7.06. The number of nitrogens with zero attached hydrogens (tertiary/aromatic N) is 3. The molecule has 2 aromatic rings. The fourth-order valence-electron chi connectivity index (χ4n) is 3.92. The van der Waals surface area contributed by atoms with E-state index in [2.05, 4.69) is 11.9 Å². The number of rotatable bonds is 5. The third-order valence-corrected chi connectivity index (χ3v) is 5.44. The first-order valence-corrected chi connectivity index (χ1v) is 9.51. The molecule has 0 unspecified atom stereocenters. The highest BCUT2D eigenvalue weighted by atomic mass is 16.7. The molecule has 0 radical (unpaired) electrons. The van der Waals surface area contributed by atoms with Gasteiger partial charge in [-0.1, -0.05) is 13.0 Å². The lowest BCUT2D eigenvalue weighted by molar-refractivity contribution is -0.135. The Labute approximate surface area is 158 Å². The maximum Gasteiger partial charge on any atom is 0.231 e. The van der Waals surface area contributed by atoms with Crippen molar-refractivity contribution in [1.29, 1.82) is 0 Å². The second kappa shape index (κ2) is 7.60. The van der Waals surface area contributed by atoms with E-state index in [4.69, 9.17) is 9.47 Å². The molecule has 7 heteroatoms. The average molecular weight is 371 g/mol. The Morgan fingerprint density at radius 1 is 1.33 bits per heavy atom. The lowest BCUT2D eigenvalue weighted by Crippen LogP contribution is -2.45. The monoisotopic (exact) mass is 371 g/mol. The van der Waals surface area contributed by atoms with Crippen molar-refractivity contribution in [2.24, 2.45) is 0 Å². The summed E-state index contributed by atoms with van der Waals surface area (Å²) in [5.41, 5.74) is 1.03. The average Bonchev–Trinajstić information content (AvgIpc) is 3.34. The molecular weight excluding hydrogens is 346 g/mol. The van der Waals surface area contributed by atoms with E-state index < -0.39 is 6.10 Å². The lowest BCUT2D eigenvalue weighted by Gasteiger charge is -2.36. The Bertz CT molecular complexity index is 819. The molecule has 0 spiro atoms. The number of fused-ring (bicyclic) bond motifs is 1. The SMILES string of the molecule is CCc1nccn1CCC(=O)N1CC[C@@H](c2ccc3c(c2)OCO3)[C@H](O)C1. The molecule has 1 fully saturated rings. The standard InChI is InChI=1S/C20H25N3O4/c1-2-19-21-7-10-22(19)9-6-20(25)23-8-5-15(16(24)12-23)14-3-4-17-18(11-14)27-13-26-17/h3-4,7,10-11,15-16,24H,2,5-6,8-9,12-13H2,1H3/t15-,16+/m0/s1. The summed E-state index contributed by atoms with van der Waals surface area (Å²) in [5.74, 6) is 2.54. The Kier molecular flexibility index (Phi) is 5.03. The van der Waals surface area contributed by atoms with Crippen LogP contribution in [0.2, 0.25) is 0 Å². The van der Waals surface area contributed by atoms with Crippen molar-refractivity contribution in [3.8, 4) is 11.5 Å². The number of hydrogen-bond acceptors (Lipinski definition) is 5. The van der Waals surface area contributed by atoms with Crippen molar-refractivity contribution in [2.45, 2.75) is 44.8 Å². The summed E-state index contributed by atoms with van der Waals surface area (Å²) < 4.78 is 12.8. The van der Waals surface area contributed by atoms with E-state index in [9.17, 15) is 9.90 Å². The molecule has 1 saturated heterocycles. The van der Waals surface area contributed by atoms with Gasteiger partial charge >= 0.3 is 0 Å². The number of carbonyl (C=O) groups excluding carboxylic acids is 1. The first-order valence-electron chi connectivity index (χ1n) is 9.51. The summed E-state index contributed by atoms with van der Waals surface area (Å²) in [5, 5.41) is 10.6. The summed E-state index contributed by atoms with van der Waals surface area (Å²) in [7, 11) is 0. The first kappa shape index (κ1) is 17.9. The second-order valence-corrected chi connectivity index (χ2v) is 7.06. The van der Waals surface area contributed by atoms with Gasteiger partial charge in [0.25, 0.3) is 0 Å². The molecule has 1 N–H and O–H groups in total. The van der Waals surface area contributed by atoms with Crippen LogP contribution in [0.4, 0.5) is 0 Å². The molecule has 2 atom stereocenters. The van der Waals surface area contributed by atoms with Gasteiger partial charge in [0.15, 0.2) is 11.5 Å². The smallest absolute Gasteiger partial charge is 0.231 e. The molecule has 4 rings (SSSR count). The van der Waals surface area contributed by atoms with Crippen molar-refractivity contribution >= 4 is 5.91 Å². The number of benzene rings is 1. The van der Waals surface area contributed by atoms with Crippen LogP contribution in [0.1, 0.15) is 37.1 Å². The van der Waals surface area contributed by atoms with E-state index in [1.165, 1.54) is 0 Å². The van der Waals surface area contributed by atoms with Gasteiger partial charge in [0.2, 0.25) is 12.7 Å². The summed E-state index contributed by atoms with van der Waals surface area (Å²) >= 11 is 0. The first-order chi connectivity index (χ1) is 13.2. The zero-order chi connectivity index (χ0) is 18.8. The lowest BCUT2D eigenvalue weighted by atomic mass is 9.87. The van der Waals surface area contributed by atoms with Crippen LogP contribution < -0.4 is 9.47 Å². The summed E-state index contributed by atoms with van der Waals surface area (Å²) in [4.78, 5) is 18.6. The van der Waals surface area contributed by atoms with Crippen molar-refractivity contribution in [2.75, 3.05) is 19.9 Å². The third kappa shape index (κ3) is 3.64. The molecule has 1 aromatic carbocycles. The molecule has 2 aliphatic heterocycles. The highest BCUT2D eigenvalue weighted by Crippen LogP contribution is 2.37. The number of imidazole rings is 1. The van der Waals surface area contributed by atoms with Crippen LogP contribution in [0.15, 0.2) is 30.6 Å². The Hall–Kier alpha value is -2.54. The van der Waals surface area contributed by atoms with E-state index in [1.54, 1.807) is 11.1 Å². The number of aliphatic hydroxyl groups excluding tert-OH is 1.